The van der Waals surface area contributed by atoms with Gasteiger partial charge in [-0.25, -0.2) is 0 Å². The van der Waals surface area contributed by atoms with Crippen LogP contribution in [0.15, 0.2) is 24.5 Å². The highest BCUT2D eigenvalue weighted by Gasteiger charge is 2.00. The van der Waals surface area contributed by atoms with Gasteiger partial charge >= 0.3 is 0 Å². The van der Waals surface area contributed by atoms with Gasteiger partial charge in [-0.15, -0.1) is 0 Å². The van der Waals surface area contributed by atoms with Crippen LogP contribution in [0.25, 0.3) is 0 Å². The fourth-order valence-electron chi connectivity index (χ4n) is 1.48. The molecular formula is C12H20N2O. The van der Waals surface area contributed by atoms with E-state index in [1.54, 1.807) is 6.20 Å². The first-order chi connectivity index (χ1) is 7.33. The Bertz CT molecular complexity index is 251. The summed E-state index contributed by atoms with van der Waals surface area (Å²) in [5.74, 6) is 0. The second-order valence-corrected chi connectivity index (χ2v) is 3.76. The monoisotopic (exact) mass is 208 g/mol. The van der Waals surface area contributed by atoms with Crippen molar-refractivity contribution in [1.82, 2.24) is 10.3 Å². The standard InChI is InChI=1S/C12H20N2O/c1-2-4-12(15)10-14-8-6-11-5-3-7-13-9-11/h3,5,7,9,12,14-15H,2,4,6,8,10H2,1H3. The van der Waals surface area contributed by atoms with E-state index in [4.69, 9.17) is 0 Å². The molecular weight excluding hydrogens is 188 g/mol. The van der Waals surface area contributed by atoms with Crippen molar-refractivity contribution in [3.05, 3.63) is 30.1 Å². The Labute approximate surface area is 91.5 Å². The number of hydrogen-bond donors (Lipinski definition) is 2. The second kappa shape index (κ2) is 7.37. The summed E-state index contributed by atoms with van der Waals surface area (Å²) in [6, 6.07) is 4.01. The number of aliphatic hydroxyl groups is 1. The highest BCUT2D eigenvalue weighted by molar-refractivity contribution is 5.08. The Balaban J connectivity index is 2.07. The summed E-state index contributed by atoms with van der Waals surface area (Å²) < 4.78 is 0. The van der Waals surface area contributed by atoms with Crippen molar-refractivity contribution in [2.75, 3.05) is 13.1 Å². The van der Waals surface area contributed by atoms with Crippen molar-refractivity contribution in [3.8, 4) is 0 Å². The maximum atomic E-state index is 9.47. The van der Waals surface area contributed by atoms with Crippen LogP contribution in [0, 0.1) is 0 Å². The van der Waals surface area contributed by atoms with Gasteiger partial charge < -0.3 is 10.4 Å². The molecule has 0 spiro atoms. The Hall–Kier alpha value is -0.930. The van der Waals surface area contributed by atoms with E-state index in [0.29, 0.717) is 6.54 Å². The molecule has 3 nitrogen and oxygen atoms in total. The van der Waals surface area contributed by atoms with Gasteiger partial charge in [0.1, 0.15) is 0 Å². The Morgan fingerprint density at radius 3 is 3.07 bits per heavy atom. The van der Waals surface area contributed by atoms with Crippen molar-refractivity contribution in [2.24, 2.45) is 0 Å². The Morgan fingerprint density at radius 1 is 1.53 bits per heavy atom. The van der Waals surface area contributed by atoms with E-state index >= 15 is 0 Å². The Kier molecular flexibility index (Phi) is 5.97. The van der Waals surface area contributed by atoms with E-state index in [2.05, 4.69) is 23.3 Å². The minimum atomic E-state index is -0.205. The zero-order valence-corrected chi connectivity index (χ0v) is 9.32. The minimum absolute atomic E-state index is 0.205. The van der Waals surface area contributed by atoms with E-state index in [1.165, 1.54) is 5.56 Å². The SMILES string of the molecule is CCCC(O)CNCCc1cccnc1. The normalized spacial score (nSPS) is 12.7. The molecule has 2 N–H and O–H groups in total. The lowest BCUT2D eigenvalue weighted by molar-refractivity contribution is 0.161. The van der Waals surface area contributed by atoms with E-state index in [0.717, 1.165) is 25.8 Å². The molecule has 0 saturated carbocycles. The fourth-order valence-corrected chi connectivity index (χ4v) is 1.48. The number of pyridine rings is 1. The number of aliphatic hydroxyl groups excluding tert-OH is 1. The van der Waals surface area contributed by atoms with Crippen LogP contribution in [0.5, 0.6) is 0 Å². The molecule has 0 saturated heterocycles. The zero-order valence-electron chi connectivity index (χ0n) is 9.32. The molecule has 1 heterocycles. The second-order valence-electron chi connectivity index (χ2n) is 3.76. The first-order valence-electron chi connectivity index (χ1n) is 5.60. The summed E-state index contributed by atoms with van der Waals surface area (Å²) in [7, 11) is 0. The number of rotatable bonds is 7. The molecule has 1 atom stereocenters. The molecule has 1 unspecified atom stereocenters. The Morgan fingerprint density at radius 2 is 2.40 bits per heavy atom. The van der Waals surface area contributed by atoms with Crippen molar-refractivity contribution in [1.29, 1.82) is 0 Å². The van der Waals surface area contributed by atoms with Gasteiger partial charge in [0.25, 0.3) is 0 Å². The zero-order chi connectivity index (χ0) is 10.9. The molecule has 0 fully saturated rings. The number of aromatic nitrogens is 1. The van der Waals surface area contributed by atoms with Crippen LogP contribution in [-0.4, -0.2) is 29.3 Å². The lowest BCUT2D eigenvalue weighted by Gasteiger charge is -2.10. The van der Waals surface area contributed by atoms with E-state index in [-0.39, 0.29) is 6.10 Å². The van der Waals surface area contributed by atoms with Crippen molar-refractivity contribution < 1.29 is 5.11 Å². The first kappa shape index (κ1) is 12.1. The van der Waals surface area contributed by atoms with Gasteiger partial charge in [0.2, 0.25) is 0 Å². The third-order valence-corrected chi connectivity index (χ3v) is 2.32. The predicted octanol–water partition coefficient (Wildman–Crippen LogP) is 1.37. The van der Waals surface area contributed by atoms with Gasteiger partial charge in [0, 0.05) is 18.9 Å². The summed E-state index contributed by atoms with van der Waals surface area (Å²) in [6.45, 7) is 3.67. The van der Waals surface area contributed by atoms with Crippen LogP contribution in [0.1, 0.15) is 25.3 Å². The van der Waals surface area contributed by atoms with Gasteiger partial charge in [-0.1, -0.05) is 19.4 Å². The minimum Gasteiger partial charge on any atom is -0.392 e. The average molecular weight is 208 g/mol. The average Bonchev–Trinajstić information content (AvgIpc) is 2.26. The van der Waals surface area contributed by atoms with Gasteiger partial charge in [-0.3, -0.25) is 4.98 Å². The molecule has 0 amide bonds. The number of nitrogens with zero attached hydrogens (tertiary/aromatic N) is 1. The van der Waals surface area contributed by atoms with Crippen LogP contribution < -0.4 is 5.32 Å². The van der Waals surface area contributed by atoms with Crippen LogP contribution in [0.3, 0.4) is 0 Å². The first-order valence-corrected chi connectivity index (χ1v) is 5.60. The quantitative estimate of drug-likeness (QED) is 0.665. The molecule has 1 aromatic rings. The van der Waals surface area contributed by atoms with E-state index < -0.39 is 0 Å². The predicted molar refractivity (Wildman–Crippen MR) is 61.7 cm³/mol. The molecule has 0 aliphatic rings. The highest BCUT2D eigenvalue weighted by atomic mass is 16.3. The summed E-state index contributed by atoms with van der Waals surface area (Å²) in [5.41, 5.74) is 1.23. The highest BCUT2D eigenvalue weighted by Crippen LogP contribution is 1.96. The molecule has 0 aromatic carbocycles. The van der Waals surface area contributed by atoms with Crippen molar-refractivity contribution >= 4 is 0 Å². The van der Waals surface area contributed by atoms with Gasteiger partial charge in [-0.05, 0) is 31.0 Å². The third kappa shape index (κ3) is 5.50. The van der Waals surface area contributed by atoms with Crippen molar-refractivity contribution in [2.45, 2.75) is 32.3 Å². The van der Waals surface area contributed by atoms with Gasteiger partial charge in [0.15, 0.2) is 0 Å². The van der Waals surface area contributed by atoms with Crippen LogP contribution in [0.2, 0.25) is 0 Å². The number of hydrogen-bond acceptors (Lipinski definition) is 3. The number of nitrogens with one attached hydrogen (secondary N) is 1. The molecule has 3 heteroatoms. The van der Waals surface area contributed by atoms with Crippen molar-refractivity contribution in [3.63, 3.8) is 0 Å². The molecule has 0 radical (unpaired) electrons. The molecule has 0 bridgehead atoms. The lowest BCUT2D eigenvalue weighted by Crippen LogP contribution is -2.28. The largest absolute Gasteiger partial charge is 0.392 e. The van der Waals surface area contributed by atoms with E-state index in [9.17, 15) is 5.11 Å². The molecule has 0 aliphatic heterocycles. The van der Waals surface area contributed by atoms with Crippen LogP contribution >= 0.6 is 0 Å². The summed E-state index contributed by atoms with van der Waals surface area (Å²) in [4.78, 5) is 4.05. The molecule has 84 valence electrons. The van der Waals surface area contributed by atoms with E-state index in [1.807, 2.05) is 12.3 Å². The maximum Gasteiger partial charge on any atom is 0.0664 e. The van der Waals surface area contributed by atoms with Crippen LogP contribution in [0.4, 0.5) is 0 Å². The summed E-state index contributed by atoms with van der Waals surface area (Å²) in [5, 5.41) is 12.7. The summed E-state index contributed by atoms with van der Waals surface area (Å²) in [6.07, 6.45) is 6.33. The van der Waals surface area contributed by atoms with Gasteiger partial charge in [-0.2, -0.15) is 0 Å². The maximum absolute atomic E-state index is 9.47. The molecule has 1 aromatic heterocycles. The molecule has 15 heavy (non-hydrogen) atoms. The van der Waals surface area contributed by atoms with Crippen LogP contribution in [-0.2, 0) is 6.42 Å². The molecule has 1 rings (SSSR count). The lowest BCUT2D eigenvalue weighted by atomic mass is 10.2. The summed E-state index contributed by atoms with van der Waals surface area (Å²) >= 11 is 0. The fraction of sp³-hybridized carbons (Fsp3) is 0.583. The topological polar surface area (TPSA) is 45.1 Å². The molecule has 0 aliphatic carbocycles. The van der Waals surface area contributed by atoms with Gasteiger partial charge in [0.05, 0.1) is 6.10 Å². The smallest absolute Gasteiger partial charge is 0.0664 e. The third-order valence-electron chi connectivity index (χ3n) is 2.32.